The summed E-state index contributed by atoms with van der Waals surface area (Å²) < 4.78 is 10.3. The SMILES string of the molecule is CCOC(=O)C1C(C)C(=O)OC1c1ccccc1. The Labute approximate surface area is 106 Å². The first kappa shape index (κ1) is 12.6. The third-order valence-electron chi connectivity index (χ3n) is 3.17. The second-order valence-electron chi connectivity index (χ2n) is 4.33. The number of rotatable bonds is 3. The van der Waals surface area contributed by atoms with Crippen LogP contribution in [0, 0.1) is 11.8 Å². The minimum Gasteiger partial charge on any atom is -0.466 e. The summed E-state index contributed by atoms with van der Waals surface area (Å²) in [5.74, 6) is -1.74. The van der Waals surface area contributed by atoms with E-state index in [1.807, 2.05) is 30.3 Å². The van der Waals surface area contributed by atoms with Crippen LogP contribution in [-0.2, 0) is 19.1 Å². The summed E-state index contributed by atoms with van der Waals surface area (Å²) >= 11 is 0. The fraction of sp³-hybridized carbons (Fsp3) is 0.429. The topological polar surface area (TPSA) is 52.6 Å². The standard InChI is InChI=1S/C14H16O4/c1-3-17-14(16)11-9(2)13(15)18-12(11)10-7-5-4-6-8-10/h4-9,11-12H,3H2,1-2H3. The van der Waals surface area contributed by atoms with E-state index in [2.05, 4.69) is 0 Å². The predicted octanol–water partition coefficient (Wildman–Crippen LogP) is 2.10. The number of cyclic esters (lactones) is 1. The quantitative estimate of drug-likeness (QED) is 0.769. The third-order valence-corrected chi connectivity index (χ3v) is 3.17. The molecule has 3 atom stereocenters. The van der Waals surface area contributed by atoms with Crippen molar-refractivity contribution in [3.63, 3.8) is 0 Å². The van der Waals surface area contributed by atoms with E-state index in [1.165, 1.54) is 0 Å². The minimum absolute atomic E-state index is 0.303. The van der Waals surface area contributed by atoms with Crippen molar-refractivity contribution < 1.29 is 19.1 Å². The molecule has 3 unspecified atom stereocenters. The first-order chi connectivity index (χ1) is 8.65. The Balaban J connectivity index is 2.28. The van der Waals surface area contributed by atoms with Crippen molar-refractivity contribution in [1.29, 1.82) is 0 Å². The van der Waals surface area contributed by atoms with Crippen LogP contribution in [0.4, 0.5) is 0 Å². The molecule has 0 aliphatic carbocycles. The van der Waals surface area contributed by atoms with Crippen LogP contribution in [0.5, 0.6) is 0 Å². The van der Waals surface area contributed by atoms with Crippen molar-refractivity contribution in [2.24, 2.45) is 11.8 Å². The fourth-order valence-corrected chi connectivity index (χ4v) is 2.20. The number of carbonyl (C=O) groups is 2. The lowest BCUT2D eigenvalue weighted by molar-refractivity contribution is -0.151. The van der Waals surface area contributed by atoms with Crippen LogP contribution in [0.1, 0.15) is 25.5 Å². The van der Waals surface area contributed by atoms with Gasteiger partial charge in [0.25, 0.3) is 0 Å². The van der Waals surface area contributed by atoms with E-state index in [1.54, 1.807) is 13.8 Å². The molecular weight excluding hydrogens is 232 g/mol. The molecule has 0 radical (unpaired) electrons. The fourth-order valence-electron chi connectivity index (χ4n) is 2.20. The Morgan fingerprint density at radius 3 is 2.61 bits per heavy atom. The molecule has 2 rings (SSSR count). The highest BCUT2D eigenvalue weighted by molar-refractivity contribution is 5.85. The summed E-state index contributed by atoms with van der Waals surface area (Å²) in [5, 5.41) is 0. The minimum atomic E-state index is -0.556. The Hall–Kier alpha value is -1.84. The van der Waals surface area contributed by atoms with E-state index < -0.39 is 17.9 Å². The van der Waals surface area contributed by atoms with Gasteiger partial charge < -0.3 is 9.47 Å². The van der Waals surface area contributed by atoms with Gasteiger partial charge >= 0.3 is 11.9 Å². The molecule has 0 spiro atoms. The molecule has 0 amide bonds. The van der Waals surface area contributed by atoms with Gasteiger partial charge in [0.05, 0.1) is 12.5 Å². The van der Waals surface area contributed by atoms with E-state index >= 15 is 0 Å². The van der Waals surface area contributed by atoms with Crippen molar-refractivity contribution in [2.75, 3.05) is 6.61 Å². The van der Waals surface area contributed by atoms with Gasteiger partial charge in [0.15, 0.2) is 0 Å². The first-order valence-corrected chi connectivity index (χ1v) is 6.07. The number of carbonyl (C=O) groups excluding carboxylic acids is 2. The van der Waals surface area contributed by atoms with E-state index in [9.17, 15) is 9.59 Å². The zero-order chi connectivity index (χ0) is 13.1. The average molecular weight is 248 g/mol. The van der Waals surface area contributed by atoms with Crippen molar-refractivity contribution >= 4 is 11.9 Å². The lowest BCUT2D eigenvalue weighted by Gasteiger charge is -2.18. The summed E-state index contributed by atoms with van der Waals surface area (Å²) in [4.78, 5) is 23.6. The van der Waals surface area contributed by atoms with Crippen LogP contribution in [0.15, 0.2) is 30.3 Å². The van der Waals surface area contributed by atoms with Gasteiger partial charge in [0.1, 0.15) is 12.0 Å². The highest BCUT2D eigenvalue weighted by Gasteiger charge is 2.47. The van der Waals surface area contributed by atoms with Gasteiger partial charge in [0, 0.05) is 0 Å². The zero-order valence-corrected chi connectivity index (χ0v) is 10.5. The summed E-state index contributed by atoms with van der Waals surface area (Å²) in [6.45, 7) is 3.75. The molecule has 1 fully saturated rings. The largest absolute Gasteiger partial charge is 0.466 e. The molecule has 0 bridgehead atoms. The van der Waals surface area contributed by atoms with Gasteiger partial charge in [0.2, 0.25) is 0 Å². The van der Waals surface area contributed by atoms with E-state index in [0.717, 1.165) is 5.56 Å². The van der Waals surface area contributed by atoms with Crippen LogP contribution in [0.2, 0.25) is 0 Å². The molecule has 1 saturated heterocycles. The maximum atomic E-state index is 11.9. The molecule has 1 heterocycles. The van der Waals surface area contributed by atoms with Crippen molar-refractivity contribution in [1.82, 2.24) is 0 Å². The lowest BCUT2D eigenvalue weighted by atomic mass is 9.88. The summed E-state index contributed by atoms with van der Waals surface area (Å²) in [7, 11) is 0. The predicted molar refractivity (Wildman–Crippen MR) is 64.6 cm³/mol. The number of ether oxygens (including phenoxy) is 2. The Bertz CT molecular complexity index is 440. The maximum Gasteiger partial charge on any atom is 0.313 e. The second-order valence-corrected chi connectivity index (χ2v) is 4.33. The highest BCUT2D eigenvalue weighted by atomic mass is 16.6. The summed E-state index contributed by atoms with van der Waals surface area (Å²) in [5.41, 5.74) is 0.827. The van der Waals surface area contributed by atoms with Crippen molar-refractivity contribution in [3.8, 4) is 0 Å². The molecule has 0 saturated carbocycles. The number of hydrogen-bond acceptors (Lipinski definition) is 4. The number of benzene rings is 1. The van der Waals surface area contributed by atoms with Gasteiger partial charge in [-0.2, -0.15) is 0 Å². The molecule has 1 aliphatic rings. The summed E-state index contributed by atoms with van der Waals surface area (Å²) in [6, 6.07) is 9.29. The maximum absolute atomic E-state index is 11.9. The van der Waals surface area contributed by atoms with Crippen molar-refractivity contribution in [2.45, 2.75) is 20.0 Å². The van der Waals surface area contributed by atoms with Gasteiger partial charge in [-0.1, -0.05) is 37.3 Å². The molecule has 0 aromatic heterocycles. The highest BCUT2D eigenvalue weighted by Crippen LogP contribution is 2.39. The number of hydrogen-bond donors (Lipinski definition) is 0. The Morgan fingerprint density at radius 2 is 2.00 bits per heavy atom. The monoisotopic (exact) mass is 248 g/mol. The van der Waals surface area contributed by atoms with Crippen molar-refractivity contribution in [3.05, 3.63) is 35.9 Å². The zero-order valence-electron chi connectivity index (χ0n) is 10.5. The molecule has 1 aliphatic heterocycles. The first-order valence-electron chi connectivity index (χ1n) is 6.07. The second kappa shape index (κ2) is 5.21. The Morgan fingerprint density at radius 1 is 1.33 bits per heavy atom. The van der Waals surface area contributed by atoms with Crippen LogP contribution in [0.25, 0.3) is 0 Å². The molecule has 4 heteroatoms. The van der Waals surface area contributed by atoms with Gasteiger partial charge in [-0.25, -0.2) is 0 Å². The molecule has 4 nitrogen and oxygen atoms in total. The van der Waals surface area contributed by atoms with Crippen LogP contribution in [-0.4, -0.2) is 18.5 Å². The smallest absolute Gasteiger partial charge is 0.313 e. The molecule has 1 aromatic carbocycles. The number of esters is 2. The lowest BCUT2D eigenvalue weighted by Crippen LogP contribution is -2.26. The summed E-state index contributed by atoms with van der Waals surface area (Å²) in [6.07, 6.45) is -0.534. The van der Waals surface area contributed by atoms with Gasteiger partial charge in [-0.15, -0.1) is 0 Å². The third kappa shape index (κ3) is 2.23. The molecule has 0 N–H and O–H groups in total. The molecule has 96 valence electrons. The Kier molecular flexibility index (Phi) is 3.65. The molecule has 18 heavy (non-hydrogen) atoms. The molecule has 1 aromatic rings. The van der Waals surface area contributed by atoms with Gasteiger partial charge in [-0.05, 0) is 12.5 Å². The van der Waals surface area contributed by atoms with Crippen LogP contribution >= 0.6 is 0 Å². The van der Waals surface area contributed by atoms with E-state index in [-0.39, 0.29) is 11.9 Å². The average Bonchev–Trinajstić information content (AvgIpc) is 2.67. The van der Waals surface area contributed by atoms with E-state index in [4.69, 9.17) is 9.47 Å². The normalized spacial score (nSPS) is 26.8. The van der Waals surface area contributed by atoms with Gasteiger partial charge in [-0.3, -0.25) is 9.59 Å². The van der Waals surface area contributed by atoms with Crippen LogP contribution < -0.4 is 0 Å². The van der Waals surface area contributed by atoms with E-state index in [0.29, 0.717) is 6.61 Å². The molecular formula is C14H16O4. The van der Waals surface area contributed by atoms with Crippen LogP contribution in [0.3, 0.4) is 0 Å².